The van der Waals surface area contributed by atoms with Crippen LogP contribution < -0.4 is 9.13 Å². The van der Waals surface area contributed by atoms with Gasteiger partial charge in [-0.3, -0.25) is 0 Å². The molecule has 0 bridgehead atoms. The summed E-state index contributed by atoms with van der Waals surface area (Å²) in [7, 11) is 0. The van der Waals surface area contributed by atoms with E-state index in [4.69, 9.17) is 0 Å². The molecule has 0 atom stereocenters. The maximum atomic E-state index is 3.48. The first-order chi connectivity index (χ1) is 8.24. The predicted octanol–water partition coefficient (Wildman–Crippen LogP) is 2.88. The Hall–Kier alpha value is -0.740. The minimum absolute atomic E-state index is 1.03. The number of aryl methyl sites for hydroxylation is 2. The van der Waals surface area contributed by atoms with Crippen LogP contribution in [0.1, 0.15) is 6.42 Å². The lowest BCUT2D eigenvalue weighted by Gasteiger charge is -1.97. The largest absolute Gasteiger partial charge is 0.204 e. The number of hydrogen-bond donors (Lipinski definition) is 0. The monoisotopic (exact) mass is 356 g/mol. The van der Waals surface area contributed by atoms with E-state index < -0.39 is 0 Å². The van der Waals surface area contributed by atoms with Crippen LogP contribution in [0.25, 0.3) is 0 Å². The number of rotatable bonds is 4. The molecule has 0 fully saturated rings. The van der Waals surface area contributed by atoms with E-state index in [9.17, 15) is 0 Å². The molecule has 2 aromatic heterocycles. The lowest BCUT2D eigenvalue weighted by atomic mass is 10.3. The molecule has 0 N–H and O–H groups in total. The second-order valence-corrected chi connectivity index (χ2v) is 5.70. The average molecular weight is 358 g/mol. The third kappa shape index (κ3) is 4.21. The zero-order chi connectivity index (χ0) is 12.1. The molecule has 2 nitrogen and oxygen atoms in total. The topological polar surface area (TPSA) is 7.76 Å². The van der Waals surface area contributed by atoms with Crippen LogP contribution in [-0.2, 0) is 13.1 Å². The van der Waals surface area contributed by atoms with Crippen LogP contribution in [0.3, 0.4) is 0 Å². The fourth-order valence-electron chi connectivity index (χ4n) is 1.69. The fourth-order valence-corrected chi connectivity index (χ4v) is 2.53. The van der Waals surface area contributed by atoms with Gasteiger partial charge in [-0.15, -0.1) is 0 Å². The first-order valence-electron chi connectivity index (χ1n) is 5.53. The van der Waals surface area contributed by atoms with Gasteiger partial charge in [-0.05, 0) is 44.0 Å². The zero-order valence-corrected chi connectivity index (χ0v) is 12.6. The first-order valence-corrected chi connectivity index (χ1v) is 7.12. The Labute approximate surface area is 118 Å². The van der Waals surface area contributed by atoms with Gasteiger partial charge in [0.25, 0.3) is 0 Å². The molecule has 88 valence electrons. The van der Waals surface area contributed by atoms with E-state index in [1.54, 1.807) is 0 Å². The van der Waals surface area contributed by atoms with Crippen LogP contribution in [-0.4, -0.2) is 0 Å². The highest BCUT2D eigenvalue weighted by molar-refractivity contribution is 9.10. The number of pyridine rings is 2. The highest BCUT2D eigenvalue weighted by Gasteiger charge is 2.05. The first kappa shape index (κ1) is 12.7. The lowest BCUT2D eigenvalue weighted by Crippen LogP contribution is -2.38. The van der Waals surface area contributed by atoms with Crippen LogP contribution in [0.5, 0.6) is 0 Å². The molecule has 2 heterocycles. The SMILES string of the molecule is Brc1ccc[n+](CCC[n+]2cccc(Br)c2)c1. The van der Waals surface area contributed by atoms with Gasteiger partial charge in [0.2, 0.25) is 0 Å². The average Bonchev–Trinajstić information content (AvgIpc) is 2.29. The Kier molecular flexibility index (Phi) is 4.68. The van der Waals surface area contributed by atoms with Crippen molar-refractivity contribution in [2.24, 2.45) is 0 Å². The predicted molar refractivity (Wildman–Crippen MR) is 73.3 cm³/mol. The highest BCUT2D eigenvalue weighted by atomic mass is 79.9. The van der Waals surface area contributed by atoms with Crippen molar-refractivity contribution in [3.05, 3.63) is 58.0 Å². The smallest absolute Gasteiger partial charge is 0.183 e. The van der Waals surface area contributed by atoms with Gasteiger partial charge in [0.1, 0.15) is 0 Å². The normalized spacial score (nSPS) is 10.5. The molecule has 0 aliphatic heterocycles. The molecular weight excluding hydrogens is 344 g/mol. The summed E-state index contributed by atoms with van der Waals surface area (Å²) in [5.74, 6) is 0. The molecule has 2 rings (SSSR count). The van der Waals surface area contributed by atoms with Gasteiger partial charge in [-0.1, -0.05) is 0 Å². The van der Waals surface area contributed by atoms with Gasteiger partial charge in [0.15, 0.2) is 37.9 Å². The number of nitrogens with zero attached hydrogens (tertiary/aromatic N) is 2. The van der Waals surface area contributed by atoms with Gasteiger partial charge in [0, 0.05) is 12.1 Å². The van der Waals surface area contributed by atoms with Gasteiger partial charge in [-0.2, -0.15) is 0 Å². The Morgan fingerprint density at radius 3 is 1.71 bits per heavy atom. The molecule has 0 amide bonds. The standard InChI is InChI=1S/C13H14Br2N2/c14-12-4-1-6-16(10-12)8-3-9-17-7-2-5-13(15)11-17/h1-2,4-7,10-11H,3,8-9H2/q+2. The van der Waals surface area contributed by atoms with Crippen molar-refractivity contribution in [3.63, 3.8) is 0 Å². The van der Waals surface area contributed by atoms with E-state index >= 15 is 0 Å². The van der Waals surface area contributed by atoms with Crippen molar-refractivity contribution in [2.45, 2.75) is 19.5 Å². The van der Waals surface area contributed by atoms with Crippen molar-refractivity contribution in [1.82, 2.24) is 0 Å². The summed E-state index contributed by atoms with van der Waals surface area (Å²) < 4.78 is 6.64. The molecule has 0 spiro atoms. The summed E-state index contributed by atoms with van der Waals surface area (Å²) in [6.07, 6.45) is 9.51. The summed E-state index contributed by atoms with van der Waals surface area (Å²) in [5.41, 5.74) is 0. The third-order valence-corrected chi connectivity index (χ3v) is 3.42. The van der Waals surface area contributed by atoms with E-state index in [-0.39, 0.29) is 0 Å². The second kappa shape index (κ2) is 6.26. The Morgan fingerprint density at radius 2 is 1.29 bits per heavy atom. The van der Waals surface area contributed by atoms with Crippen LogP contribution in [0.15, 0.2) is 58.0 Å². The molecule has 2 aromatic rings. The summed E-state index contributed by atoms with van der Waals surface area (Å²) in [6.45, 7) is 2.05. The van der Waals surface area contributed by atoms with Gasteiger partial charge < -0.3 is 0 Å². The van der Waals surface area contributed by atoms with Crippen LogP contribution in [0, 0.1) is 0 Å². The maximum Gasteiger partial charge on any atom is 0.183 e. The minimum atomic E-state index is 1.03. The summed E-state index contributed by atoms with van der Waals surface area (Å²) in [5, 5.41) is 0. The summed E-state index contributed by atoms with van der Waals surface area (Å²) in [4.78, 5) is 0. The van der Waals surface area contributed by atoms with E-state index in [0.29, 0.717) is 0 Å². The van der Waals surface area contributed by atoms with Gasteiger partial charge >= 0.3 is 0 Å². The van der Waals surface area contributed by atoms with Crippen molar-refractivity contribution < 1.29 is 9.13 Å². The molecule has 0 aliphatic carbocycles. The lowest BCUT2D eigenvalue weighted by molar-refractivity contribution is -0.727. The summed E-state index contributed by atoms with van der Waals surface area (Å²) in [6, 6.07) is 8.19. The molecular formula is C13H14Br2N2+2. The number of aromatic nitrogens is 2. The third-order valence-electron chi connectivity index (χ3n) is 2.48. The highest BCUT2D eigenvalue weighted by Crippen LogP contribution is 2.04. The summed E-state index contributed by atoms with van der Waals surface area (Å²) >= 11 is 6.95. The Morgan fingerprint density at radius 1 is 0.824 bits per heavy atom. The number of hydrogen-bond acceptors (Lipinski definition) is 0. The van der Waals surface area contributed by atoms with E-state index in [2.05, 4.69) is 77.9 Å². The molecule has 0 aliphatic rings. The molecule has 4 heteroatoms. The molecule has 0 radical (unpaired) electrons. The molecule has 0 saturated heterocycles. The van der Waals surface area contributed by atoms with Crippen molar-refractivity contribution in [1.29, 1.82) is 0 Å². The Bertz CT molecular complexity index is 455. The molecule has 0 saturated carbocycles. The Balaban J connectivity index is 1.87. The molecule has 0 aromatic carbocycles. The van der Waals surface area contributed by atoms with Gasteiger partial charge in [0.05, 0.1) is 15.4 Å². The minimum Gasteiger partial charge on any atom is -0.204 e. The molecule has 0 unspecified atom stereocenters. The molecule has 17 heavy (non-hydrogen) atoms. The quantitative estimate of drug-likeness (QED) is 0.743. The van der Waals surface area contributed by atoms with E-state index in [0.717, 1.165) is 28.5 Å². The van der Waals surface area contributed by atoms with Crippen LogP contribution in [0.4, 0.5) is 0 Å². The van der Waals surface area contributed by atoms with Crippen molar-refractivity contribution in [2.75, 3.05) is 0 Å². The zero-order valence-electron chi connectivity index (χ0n) is 9.39. The fraction of sp³-hybridized carbons (Fsp3) is 0.231. The van der Waals surface area contributed by atoms with Crippen molar-refractivity contribution >= 4 is 31.9 Å². The van der Waals surface area contributed by atoms with Crippen molar-refractivity contribution in [3.8, 4) is 0 Å². The van der Waals surface area contributed by atoms with Crippen LogP contribution >= 0.6 is 31.9 Å². The van der Waals surface area contributed by atoms with Gasteiger partial charge in [-0.25, -0.2) is 9.13 Å². The second-order valence-electron chi connectivity index (χ2n) is 3.87. The van der Waals surface area contributed by atoms with E-state index in [1.807, 2.05) is 12.1 Å². The number of halogens is 2. The van der Waals surface area contributed by atoms with Crippen LogP contribution in [0.2, 0.25) is 0 Å². The van der Waals surface area contributed by atoms with E-state index in [1.165, 1.54) is 0 Å². The maximum absolute atomic E-state index is 3.48.